The molecule has 0 aliphatic heterocycles. The van der Waals surface area contributed by atoms with Gasteiger partial charge in [0.15, 0.2) is 17.7 Å². The molecule has 2 unspecified atom stereocenters. The Morgan fingerprint density at radius 1 is 0.804 bits per heavy atom. The maximum Gasteiger partial charge on any atom is 0.416 e. The number of amides is 3. The minimum absolute atomic E-state index is 0.0524. The highest BCUT2D eigenvalue weighted by molar-refractivity contribution is 6.00. The molecule has 0 bridgehead atoms. The summed E-state index contributed by atoms with van der Waals surface area (Å²) in [6.45, 7) is 6.29. The summed E-state index contributed by atoms with van der Waals surface area (Å²) in [5.74, 6) is -4.33. The average Bonchev–Trinajstić information content (AvgIpc) is 3.08. The fourth-order valence-electron chi connectivity index (χ4n) is 5.64. The van der Waals surface area contributed by atoms with Crippen LogP contribution in [0.3, 0.4) is 0 Å². The lowest BCUT2D eigenvalue weighted by Crippen LogP contribution is -2.54. The summed E-state index contributed by atoms with van der Waals surface area (Å²) in [5, 5.41) is 14.8. The highest BCUT2D eigenvalue weighted by Gasteiger charge is 2.45. The van der Waals surface area contributed by atoms with Crippen LogP contribution in [0.4, 0.5) is 13.2 Å². The Kier molecular flexibility index (Phi) is 14.2. The second-order valence-corrected chi connectivity index (χ2v) is 13.8. The second kappa shape index (κ2) is 17.9. The Labute approximate surface area is 296 Å². The van der Waals surface area contributed by atoms with Gasteiger partial charge in [-0.3, -0.25) is 24.0 Å². The van der Waals surface area contributed by atoms with Crippen LogP contribution in [0.25, 0.3) is 11.1 Å². The first-order valence-corrected chi connectivity index (χ1v) is 16.8. The molecule has 0 saturated heterocycles. The lowest BCUT2D eigenvalue weighted by molar-refractivity contribution is -0.213. The van der Waals surface area contributed by atoms with Crippen molar-refractivity contribution in [3.63, 3.8) is 0 Å². The van der Waals surface area contributed by atoms with Crippen molar-refractivity contribution < 1.29 is 42.3 Å². The quantitative estimate of drug-likeness (QED) is 0.126. The van der Waals surface area contributed by atoms with E-state index in [1.165, 1.54) is 13.8 Å². The van der Waals surface area contributed by atoms with E-state index in [2.05, 4.69) is 10.6 Å². The van der Waals surface area contributed by atoms with Gasteiger partial charge in [-0.25, -0.2) is 0 Å². The molecular formula is C39H46F3N3O6. The van der Waals surface area contributed by atoms with Crippen LogP contribution in [0, 0.1) is 17.3 Å². The standard InChI is InChI=1S/C39H46F3N3O6/c1-24(2)29(22-32(46)28-17-15-27(16-18-28)26-13-9-6-10-14-26)36(50)44-31(21-25-11-7-5-8-12-25)33(47)23-38(3,4)37(51)45-30(19-20-34(43)48)35(49)39(40,41)42/h5-18,24,29-31,35,49H,19-23H2,1-4H3,(H2,43,48)(H,44,50)(H,45,51)/t29-,30?,31-,35?/m0/s1. The first-order valence-electron chi connectivity index (χ1n) is 16.8. The van der Waals surface area contributed by atoms with E-state index in [0.717, 1.165) is 11.1 Å². The number of carbonyl (C=O) groups excluding carboxylic acids is 5. The van der Waals surface area contributed by atoms with Crippen LogP contribution in [0.1, 0.15) is 69.3 Å². The molecule has 12 heteroatoms. The lowest BCUT2D eigenvalue weighted by Gasteiger charge is -2.31. The van der Waals surface area contributed by atoms with Crippen LogP contribution in [0.15, 0.2) is 84.9 Å². The maximum atomic E-state index is 13.8. The number of primary amides is 1. The van der Waals surface area contributed by atoms with Crippen molar-refractivity contribution >= 4 is 29.3 Å². The van der Waals surface area contributed by atoms with Crippen molar-refractivity contribution in [3.8, 4) is 11.1 Å². The molecule has 0 saturated carbocycles. The van der Waals surface area contributed by atoms with Gasteiger partial charge in [0.2, 0.25) is 17.7 Å². The normalized spacial score (nSPS) is 14.2. The Balaban J connectivity index is 1.78. The lowest BCUT2D eigenvalue weighted by atomic mass is 9.82. The third kappa shape index (κ3) is 12.2. The number of aliphatic hydroxyl groups is 1. The smallest absolute Gasteiger partial charge is 0.382 e. The molecule has 9 nitrogen and oxygen atoms in total. The summed E-state index contributed by atoms with van der Waals surface area (Å²) in [6.07, 6.45) is -9.73. The SMILES string of the molecule is CC(C)[C@H](CC(=O)c1ccc(-c2ccccc2)cc1)C(=O)N[C@@H](Cc1ccccc1)C(=O)CC(C)(C)C(=O)NC(CCC(N)=O)C(O)C(F)(F)F. The molecule has 0 aliphatic rings. The Hall–Kier alpha value is -4.84. The summed E-state index contributed by atoms with van der Waals surface area (Å²) in [4.78, 5) is 65.5. The van der Waals surface area contributed by atoms with Crippen LogP contribution in [-0.2, 0) is 25.6 Å². The zero-order chi connectivity index (χ0) is 37.9. The first kappa shape index (κ1) is 40.6. The van der Waals surface area contributed by atoms with Crippen LogP contribution in [-0.4, -0.2) is 58.8 Å². The Bertz CT molecular complexity index is 1640. The zero-order valence-corrected chi connectivity index (χ0v) is 29.2. The molecule has 0 radical (unpaired) electrons. The van der Waals surface area contributed by atoms with Gasteiger partial charge in [0.25, 0.3) is 0 Å². The molecule has 0 aromatic heterocycles. The minimum atomic E-state index is -5.10. The third-order valence-corrected chi connectivity index (χ3v) is 8.81. The molecule has 3 aromatic rings. The van der Waals surface area contributed by atoms with E-state index < -0.39 is 78.5 Å². The van der Waals surface area contributed by atoms with Crippen LogP contribution in [0.5, 0.6) is 0 Å². The Morgan fingerprint density at radius 2 is 1.35 bits per heavy atom. The predicted molar refractivity (Wildman–Crippen MR) is 187 cm³/mol. The topological polar surface area (TPSA) is 156 Å². The molecule has 3 amide bonds. The molecule has 3 rings (SSSR count). The number of alkyl halides is 3. The van der Waals surface area contributed by atoms with E-state index in [-0.39, 0.29) is 24.5 Å². The number of Topliss-reactive ketones (excluding diaryl/α,β-unsaturated/α-hetero) is 2. The highest BCUT2D eigenvalue weighted by atomic mass is 19.4. The van der Waals surface area contributed by atoms with Crippen molar-refractivity contribution in [2.24, 2.45) is 23.0 Å². The summed E-state index contributed by atoms with van der Waals surface area (Å²) in [7, 11) is 0. The van der Waals surface area contributed by atoms with Crippen LogP contribution in [0.2, 0.25) is 0 Å². The number of rotatable bonds is 18. The van der Waals surface area contributed by atoms with Crippen molar-refractivity contribution in [2.75, 3.05) is 0 Å². The molecule has 3 aromatic carbocycles. The summed E-state index contributed by atoms with van der Waals surface area (Å²) in [6, 6.07) is 22.5. The number of benzene rings is 3. The van der Waals surface area contributed by atoms with Gasteiger partial charge in [0.05, 0.1) is 17.5 Å². The third-order valence-electron chi connectivity index (χ3n) is 8.81. The number of carbonyl (C=O) groups is 5. The fourth-order valence-corrected chi connectivity index (χ4v) is 5.64. The predicted octanol–water partition coefficient (Wildman–Crippen LogP) is 5.59. The molecule has 0 spiro atoms. The summed E-state index contributed by atoms with van der Waals surface area (Å²) < 4.78 is 40.1. The van der Waals surface area contributed by atoms with E-state index in [1.807, 2.05) is 42.5 Å². The van der Waals surface area contributed by atoms with Gasteiger partial charge in [0.1, 0.15) is 0 Å². The van der Waals surface area contributed by atoms with Gasteiger partial charge >= 0.3 is 6.18 Å². The van der Waals surface area contributed by atoms with Crippen molar-refractivity contribution in [1.29, 1.82) is 0 Å². The van der Waals surface area contributed by atoms with Gasteiger partial charge in [-0.05, 0) is 35.4 Å². The van der Waals surface area contributed by atoms with Gasteiger partial charge in [-0.1, -0.05) is 113 Å². The van der Waals surface area contributed by atoms with Gasteiger partial charge < -0.3 is 21.5 Å². The summed E-state index contributed by atoms with van der Waals surface area (Å²) in [5.41, 5.74) is 6.55. The largest absolute Gasteiger partial charge is 0.416 e. The average molecular weight is 710 g/mol. The Morgan fingerprint density at radius 3 is 1.88 bits per heavy atom. The van der Waals surface area contributed by atoms with E-state index in [4.69, 9.17) is 5.73 Å². The molecule has 0 heterocycles. The number of halogens is 3. The van der Waals surface area contributed by atoms with Gasteiger partial charge in [-0.15, -0.1) is 0 Å². The first-order chi connectivity index (χ1) is 23.9. The van der Waals surface area contributed by atoms with E-state index in [1.54, 1.807) is 56.3 Å². The van der Waals surface area contributed by atoms with Crippen molar-refractivity contribution in [1.82, 2.24) is 10.6 Å². The van der Waals surface area contributed by atoms with Crippen LogP contribution >= 0.6 is 0 Å². The molecule has 274 valence electrons. The zero-order valence-electron chi connectivity index (χ0n) is 29.2. The number of ketones is 2. The number of aliphatic hydroxyl groups excluding tert-OH is 1. The number of hydrogen-bond donors (Lipinski definition) is 4. The molecule has 51 heavy (non-hydrogen) atoms. The van der Waals surface area contributed by atoms with Gasteiger partial charge in [-0.2, -0.15) is 13.2 Å². The van der Waals surface area contributed by atoms with Crippen molar-refractivity contribution in [2.45, 2.75) is 84.2 Å². The molecule has 4 atom stereocenters. The molecule has 0 aliphatic carbocycles. The monoisotopic (exact) mass is 709 g/mol. The maximum absolute atomic E-state index is 13.8. The minimum Gasteiger partial charge on any atom is -0.382 e. The summed E-state index contributed by atoms with van der Waals surface area (Å²) >= 11 is 0. The molecular weight excluding hydrogens is 663 g/mol. The number of nitrogens with one attached hydrogen (secondary N) is 2. The van der Waals surface area contributed by atoms with Gasteiger partial charge in [0, 0.05) is 30.7 Å². The molecule has 5 N–H and O–H groups in total. The fraction of sp³-hybridized carbons (Fsp3) is 0.410. The van der Waals surface area contributed by atoms with E-state index in [9.17, 15) is 42.3 Å². The second-order valence-electron chi connectivity index (χ2n) is 13.8. The molecule has 0 fully saturated rings. The number of nitrogens with two attached hydrogens (primary N) is 1. The van der Waals surface area contributed by atoms with E-state index >= 15 is 0 Å². The van der Waals surface area contributed by atoms with Crippen molar-refractivity contribution in [3.05, 3.63) is 96.1 Å². The van der Waals surface area contributed by atoms with E-state index in [0.29, 0.717) is 11.1 Å². The number of hydrogen-bond acceptors (Lipinski definition) is 6. The van der Waals surface area contributed by atoms with Crippen LogP contribution < -0.4 is 16.4 Å². The highest BCUT2D eigenvalue weighted by Crippen LogP contribution is 2.28.